The SMILES string of the molecule is Cc1nnc(Sc2cc([C@@H](C)O)ccn2)s1. The highest BCUT2D eigenvalue weighted by Crippen LogP contribution is 2.29. The summed E-state index contributed by atoms with van der Waals surface area (Å²) in [4.78, 5) is 4.22. The molecule has 1 N–H and O–H groups in total. The normalized spacial score (nSPS) is 12.7. The second kappa shape index (κ2) is 4.90. The molecule has 0 aliphatic heterocycles. The Bertz CT molecular complexity index is 484. The number of nitrogens with zero attached hydrogens (tertiary/aromatic N) is 3. The van der Waals surface area contributed by atoms with E-state index in [2.05, 4.69) is 15.2 Å². The highest BCUT2D eigenvalue weighted by molar-refractivity contribution is 8.01. The van der Waals surface area contributed by atoms with Crippen LogP contribution in [0.5, 0.6) is 0 Å². The van der Waals surface area contributed by atoms with Gasteiger partial charge in [-0.25, -0.2) is 4.98 Å². The Labute approximate surface area is 102 Å². The van der Waals surface area contributed by atoms with Crippen LogP contribution in [0.25, 0.3) is 0 Å². The first-order valence-corrected chi connectivity index (χ1v) is 6.40. The molecule has 0 spiro atoms. The summed E-state index contributed by atoms with van der Waals surface area (Å²) in [5.41, 5.74) is 0.860. The molecule has 6 heteroatoms. The van der Waals surface area contributed by atoms with Crippen molar-refractivity contribution in [3.05, 3.63) is 28.9 Å². The molecule has 0 radical (unpaired) electrons. The Balaban J connectivity index is 2.18. The molecule has 2 rings (SSSR count). The molecule has 0 aromatic carbocycles. The summed E-state index contributed by atoms with van der Waals surface area (Å²) in [6.45, 7) is 3.65. The Morgan fingerprint density at radius 1 is 1.44 bits per heavy atom. The van der Waals surface area contributed by atoms with Gasteiger partial charge in [0.05, 0.1) is 6.10 Å². The van der Waals surface area contributed by atoms with Crippen molar-refractivity contribution in [1.29, 1.82) is 0 Å². The molecule has 0 amide bonds. The molecular formula is C10H11N3OS2. The molecule has 0 bridgehead atoms. The van der Waals surface area contributed by atoms with Crippen LogP contribution in [-0.2, 0) is 0 Å². The number of aliphatic hydroxyl groups is 1. The highest BCUT2D eigenvalue weighted by atomic mass is 32.2. The van der Waals surface area contributed by atoms with Gasteiger partial charge in [0.1, 0.15) is 10.0 Å². The van der Waals surface area contributed by atoms with Crippen molar-refractivity contribution in [2.24, 2.45) is 0 Å². The number of pyridine rings is 1. The fourth-order valence-corrected chi connectivity index (χ4v) is 2.92. The second-order valence-corrected chi connectivity index (χ2v) is 5.74. The third-order valence-corrected chi connectivity index (χ3v) is 3.76. The van der Waals surface area contributed by atoms with Crippen molar-refractivity contribution < 1.29 is 5.11 Å². The van der Waals surface area contributed by atoms with Gasteiger partial charge in [0.15, 0.2) is 4.34 Å². The number of aryl methyl sites for hydroxylation is 1. The van der Waals surface area contributed by atoms with E-state index in [1.54, 1.807) is 19.2 Å². The van der Waals surface area contributed by atoms with Gasteiger partial charge in [-0.1, -0.05) is 11.3 Å². The molecular weight excluding hydrogens is 242 g/mol. The largest absolute Gasteiger partial charge is 0.389 e. The van der Waals surface area contributed by atoms with E-state index in [9.17, 15) is 5.11 Å². The summed E-state index contributed by atoms with van der Waals surface area (Å²) in [6, 6.07) is 3.67. The van der Waals surface area contributed by atoms with Crippen LogP contribution < -0.4 is 0 Å². The number of hydrogen-bond donors (Lipinski definition) is 1. The van der Waals surface area contributed by atoms with Crippen LogP contribution in [-0.4, -0.2) is 20.3 Å². The van der Waals surface area contributed by atoms with E-state index in [0.29, 0.717) is 0 Å². The first-order chi connectivity index (χ1) is 7.65. The van der Waals surface area contributed by atoms with Crippen molar-refractivity contribution in [2.45, 2.75) is 29.3 Å². The third kappa shape index (κ3) is 2.78. The number of rotatable bonds is 3. The average Bonchev–Trinajstić information content (AvgIpc) is 2.64. The topological polar surface area (TPSA) is 58.9 Å². The Morgan fingerprint density at radius 2 is 2.25 bits per heavy atom. The van der Waals surface area contributed by atoms with E-state index >= 15 is 0 Å². The van der Waals surface area contributed by atoms with Crippen LogP contribution in [0.1, 0.15) is 23.6 Å². The maximum Gasteiger partial charge on any atom is 0.180 e. The number of hydrogen-bond acceptors (Lipinski definition) is 6. The zero-order valence-corrected chi connectivity index (χ0v) is 10.5. The molecule has 0 fully saturated rings. The average molecular weight is 253 g/mol. The van der Waals surface area contributed by atoms with Crippen LogP contribution in [0.2, 0.25) is 0 Å². The molecule has 0 unspecified atom stereocenters. The van der Waals surface area contributed by atoms with Crippen LogP contribution in [0, 0.1) is 6.92 Å². The van der Waals surface area contributed by atoms with Crippen molar-refractivity contribution in [3.63, 3.8) is 0 Å². The molecule has 1 atom stereocenters. The van der Waals surface area contributed by atoms with Gasteiger partial charge >= 0.3 is 0 Å². The van der Waals surface area contributed by atoms with Gasteiger partial charge in [-0.2, -0.15) is 0 Å². The third-order valence-electron chi connectivity index (χ3n) is 1.94. The first-order valence-electron chi connectivity index (χ1n) is 4.77. The van der Waals surface area contributed by atoms with E-state index in [0.717, 1.165) is 19.9 Å². The van der Waals surface area contributed by atoms with Crippen molar-refractivity contribution in [1.82, 2.24) is 15.2 Å². The van der Waals surface area contributed by atoms with Crippen molar-refractivity contribution in [3.8, 4) is 0 Å². The minimum Gasteiger partial charge on any atom is -0.389 e. The summed E-state index contributed by atoms with van der Waals surface area (Å²) in [5.74, 6) is 0. The fraction of sp³-hybridized carbons (Fsp3) is 0.300. The smallest absolute Gasteiger partial charge is 0.180 e. The molecule has 0 saturated carbocycles. The van der Waals surface area contributed by atoms with Gasteiger partial charge in [0.25, 0.3) is 0 Å². The molecule has 2 heterocycles. The maximum atomic E-state index is 9.46. The molecule has 2 aromatic heterocycles. The Kier molecular flexibility index (Phi) is 3.52. The summed E-state index contributed by atoms with van der Waals surface area (Å²) >= 11 is 3.00. The highest BCUT2D eigenvalue weighted by Gasteiger charge is 2.07. The Morgan fingerprint density at radius 3 is 2.88 bits per heavy atom. The monoisotopic (exact) mass is 253 g/mol. The summed E-state index contributed by atoms with van der Waals surface area (Å²) in [7, 11) is 0. The number of aliphatic hydroxyl groups excluding tert-OH is 1. The summed E-state index contributed by atoms with van der Waals surface area (Å²) in [6.07, 6.45) is 1.22. The lowest BCUT2D eigenvalue weighted by Crippen LogP contribution is -1.92. The Hall–Kier alpha value is -0.980. The molecule has 0 aliphatic rings. The van der Waals surface area contributed by atoms with Gasteiger partial charge in [-0.3, -0.25) is 0 Å². The van der Waals surface area contributed by atoms with Crippen molar-refractivity contribution >= 4 is 23.1 Å². The lowest BCUT2D eigenvalue weighted by Gasteiger charge is -2.04. The molecule has 4 nitrogen and oxygen atoms in total. The van der Waals surface area contributed by atoms with Gasteiger partial charge < -0.3 is 5.11 Å². The molecule has 16 heavy (non-hydrogen) atoms. The maximum absolute atomic E-state index is 9.46. The molecule has 0 saturated heterocycles. The van der Waals surface area contributed by atoms with E-state index in [4.69, 9.17) is 0 Å². The minimum atomic E-state index is -0.474. The standard InChI is InChI=1S/C10H11N3OS2/c1-6(14)8-3-4-11-9(5-8)16-10-13-12-7(2)15-10/h3-6,14H,1-2H3/t6-/m1/s1. The summed E-state index contributed by atoms with van der Waals surface area (Å²) in [5, 5.41) is 19.2. The molecule has 84 valence electrons. The van der Waals surface area contributed by atoms with Crippen LogP contribution >= 0.6 is 23.1 Å². The zero-order chi connectivity index (χ0) is 11.5. The lowest BCUT2D eigenvalue weighted by atomic mass is 10.2. The van der Waals surface area contributed by atoms with Gasteiger partial charge in [-0.05, 0) is 43.3 Å². The van der Waals surface area contributed by atoms with Gasteiger partial charge in [0, 0.05) is 6.20 Å². The number of aromatic nitrogens is 3. The molecule has 2 aromatic rings. The first kappa shape index (κ1) is 11.5. The van der Waals surface area contributed by atoms with Crippen LogP contribution in [0.15, 0.2) is 27.7 Å². The lowest BCUT2D eigenvalue weighted by molar-refractivity contribution is 0.199. The van der Waals surface area contributed by atoms with E-state index in [1.165, 1.54) is 23.1 Å². The predicted molar refractivity (Wildman–Crippen MR) is 63.6 cm³/mol. The fourth-order valence-electron chi connectivity index (χ4n) is 1.15. The minimum absolute atomic E-state index is 0.474. The van der Waals surface area contributed by atoms with Gasteiger partial charge in [-0.15, -0.1) is 10.2 Å². The molecule has 0 aliphatic carbocycles. The predicted octanol–water partition coefficient (Wildman–Crippen LogP) is 2.45. The van der Waals surface area contributed by atoms with Crippen LogP contribution in [0.3, 0.4) is 0 Å². The van der Waals surface area contributed by atoms with E-state index in [1.807, 2.05) is 13.0 Å². The zero-order valence-electron chi connectivity index (χ0n) is 8.91. The quantitative estimate of drug-likeness (QED) is 0.910. The van der Waals surface area contributed by atoms with Gasteiger partial charge in [0.2, 0.25) is 0 Å². The van der Waals surface area contributed by atoms with Crippen LogP contribution in [0.4, 0.5) is 0 Å². The second-order valence-electron chi connectivity index (χ2n) is 3.29. The van der Waals surface area contributed by atoms with E-state index < -0.39 is 6.10 Å². The van der Waals surface area contributed by atoms with Crippen molar-refractivity contribution in [2.75, 3.05) is 0 Å². The summed E-state index contributed by atoms with van der Waals surface area (Å²) < 4.78 is 0.868. The van der Waals surface area contributed by atoms with E-state index in [-0.39, 0.29) is 0 Å².